The summed E-state index contributed by atoms with van der Waals surface area (Å²) in [7, 11) is 5.49. The van der Waals surface area contributed by atoms with Gasteiger partial charge < -0.3 is 14.2 Å². The number of hydrogen-bond donors (Lipinski definition) is 0. The van der Waals surface area contributed by atoms with Crippen LogP contribution in [0.3, 0.4) is 0 Å². The summed E-state index contributed by atoms with van der Waals surface area (Å²) in [5.74, 6) is 1.69. The molecule has 4 nitrogen and oxygen atoms in total. The Morgan fingerprint density at radius 2 is 1.83 bits per heavy atom. The topological polar surface area (TPSA) is 30.9 Å². The number of likely N-dealkylation sites (N-methyl/N-ethyl adjacent to an activating group) is 1. The van der Waals surface area contributed by atoms with Gasteiger partial charge in [0.2, 0.25) is 0 Å². The first kappa shape index (κ1) is 15.8. The van der Waals surface area contributed by atoms with Crippen molar-refractivity contribution in [3.05, 3.63) is 59.2 Å². The molecule has 2 aromatic carbocycles. The van der Waals surface area contributed by atoms with Gasteiger partial charge in [0.1, 0.15) is 17.6 Å². The van der Waals surface area contributed by atoms with Crippen LogP contribution < -0.4 is 9.47 Å². The molecular formula is C19H23NO3. The van der Waals surface area contributed by atoms with Gasteiger partial charge in [0.25, 0.3) is 0 Å². The third kappa shape index (κ3) is 3.49. The maximum Gasteiger partial charge on any atom is 0.119 e. The van der Waals surface area contributed by atoms with E-state index >= 15 is 0 Å². The van der Waals surface area contributed by atoms with Crippen LogP contribution in [0.5, 0.6) is 11.5 Å². The highest BCUT2D eigenvalue weighted by molar-refractivity contribution is 5.43. The smallest absolute Gasteiger partial charge is 0.119 e. The summed E-state index contributed by atoms with van der Waals surface area (Å²) in [6, 6.07) is 14.3. The molecule has 4 heteroatoms. The summed E-state index contributed by atoms with van der Waals surface area (Å²) in [6.45, 7) is 2.50. The zero-order valence-corrected chi connectivity index (χ0v) is 13.9. The molecule has 0 aliphatic carbocycles. The van der Waals surface area contributed by atoms with Crippen molar-refractivity contribution in [1.29, 1.82) is 0 Å². The van der Waals surface area contributed by atoms with E-state index in [-0.39, 0.29) is 6.10 Å². The van der Waals surface area contributed by atoms with Gasteiger partial charge in [0.05, 0.1) is 20.8 Å². The average molecular weight is 313 g/mol. The van der Waals surface area contributed by atoms with Crippen molar-refractivity contribution in [3.8, 4) is 11.5 Å². The Kier molecular flexibility index (Phi) is 4.84. The Hall–Kier alpha value is -2.04. The van der Waals surface area contributed by atoms with E-state index in [0.29, 0.717) is 6.61 Å². The van der Waals surface area contributed by atoms with Crippen molar-refractivity contribution in [2.24, 2.45) is 0 Å². The molecule has 0 radical (unpaired) electrons. The Bertz CT molecular complexity index is 671. The van der Waals surface area contributed by atoms with Crippen molar-refractivity contribution in [1.82, 2.24) is 4.90 Å². The first-order valence-corrected chi connectivity index (χ1v) is 7.82. The molecule has 0 bridgehead atoms. The molecule has 1 aliphatic heterocycles. The molecule has 0 fully saturated rings. The van der Waals surface area contributed by atoms with E-state index < -0.39 is 0 Å². The molecule has 1 atom stereocenters. The van der Waals surface area contributed by atoms with Crippen LogP contribution in [0.4, 0.5) is 0 Å². The van der Waals surface area contributed by atoms with Crippen molar-refractivity contribution in [2.45, 2.75) is 12.6 Å². The molecule has 0 N–H and O–H groups in total. The molecule has 0 saturated carbocycles. The van der Waals surface area contributed by atoms with Crippen molar-refractivity contribution < 1.29 is 14.2 Å². The molecule has 1 unspecified atom stereocenters. The maximum atomic E-state index is 6.21. The number of ether oxygens (including phenoxy) is 3. The van der Waals surface area contributed by atoms with Gasteiger partial charge in [-0.25, -0.2) is 0 Å². The van der Waals surface area contributed by atoms with E-state index in [1.165, 1.54) is 5.56 Å². The second-order valence-electron chi connectivity index (χ2n) is 5.83. The zero-order valence-electron chi connectivity index (χ0n) is 13.9. The van der Waals surface area contributed by atoms with Gasteiger partial charge in [-0.3, -0.25) is 4.90 Å². The molecule has 0 saturated heterocycles. The number of rotatable bonds is 3. The standard InChI is InChI=1S/C19H23NO3/c1-20-9-10-23-19(14-5-4-6-16(11-14)21-2)18-12-17(22-3)8-7-15(18)13-20/h4-8,11-12,19H,9-10,13H2,1-3H3. The van der Waals surface area contributed by atoms with Gasteiger partial charge in [-0.1, -0.05) is 18.2 Å². The molecule has 1 aliphatic rings. The Morgan fingerprint density at radius 1 is 1.04 bits per heavy atom. The first-order chi connectivity index (χ1) is 11.2. The van der Waals surface area contributed by atoms with Gasteiger partial charge in [0, 0.05) is 13.1 Å². The minimum absolute atomic E-state index is 0.108. The summed E-state index contributed by atoms with van der Waals surface area (Å²) >= 11 is 0. The monoisotopic (exact) mass is 313 g/mol. The van der Waals surface area contributed by atoms with E-state index in [9.17, 15) is 0 Å². The van der Waals surface area contributed by atoms with Crippen molar-refractivity contribution in [2.75, 3.05) is 34.4 Å². The van der Waals surface area contributed by atoms with Gasteiger partial charge in [0.15, 0.2) is 0 Å². The van der Waals surface area contributed by atoms with Crippen molar-refractivity contribution >= 4 is 0 Å². The lowest BCUT2D eigenvalue weighted by atomic mass is 9.95. The first-order valence-electron chi connectivity index (χ1n) is 7.82. The second kappa shape index (κ2) is 7.02. The minimum Gasteiger partial charge on any atom is -0.497 e. The highest BCUT2D eigenvalue weighted by Gasteiger charge is 2.22. The number of hydrogen-bond acceptors (Lipinski definition) is 4. The van der Waals surface area contributed by atoms with Crippen LogP contribution in [-0.4, -0.2) is 39.3 Å². The fourth-order valence-electron chi connectivity index (χ4n) is 2.95. The molecule has 1 heterocycles. The molecule has 0 amide bonds. The molecule has 3 rings (SSSR count). The SMILES string of the molecule is COc1cccc(C2OCCN(C)Cc3ccc(OC)cc32)c1. The zero-order chi connectivity index (χ0) is 16.2. The van der Waals surface area contributed by atoms with E-state index in [0.717, 1.165) is 35.7 Å². The Balaban J connectivity index is 2.07. The second-order valence-corrected chi connectivity index (χ2v) is 5.83. The highest BCUT2D eigenvalue weighted by Crippen LogP contribution is 2.34. The van der Waals surface area contributed by atoms with Gasteiger partial charge in [-0.05, 0) is 48.0 Å². The van der Waals surface area contributed by atoms with Crippen LogP contribution in [-0.2, 0) is 11.3 Å². The molecule has 23 heavy (non-hydrogen) atoms. The van der Waals surface area contributed by atoms with Crippen LogP contribution in [0.25, 0.3) is 0 Å². The summed E-state index contributed by atoms with van der Waals surface area (Å²) in [5.41, 5.74) is 3.52. The Labute approximate surface area is 137 Å². The summed E-state index contributed by atoms with van der Waals surface area (Å²) in [6.07, 6.45) is -0.108. The van der Waals surface area contributed by atoms with Crippen LogP contribution in [0.15, 0.2) is 42.5 Å². The predicted molar refractivity (Wildman–Crippen MR) is 90.1 cm³/mol. The van der Waals surface area contributed by atoms with E-state index in [1.807, 2.05) is 24.3 Å². The van der Waals surface area contributed by atoms with E-state index in [1.54, 1.807) is 14.2 Å². The fourth-order valence-corrected chi connectivity index (χ4v) is 2.95. The van der Waals surface area contributed by atoms with Gasteiger partial charge >= 0.3 is 0 Å². The van der Waals surface area contributed by atoms with E-state index in [2.05, 4.69) is 30.1 Å². The lowest BCUT2D eigenvalue weighted by molar-refractivity contribution is 0.0551. The molecule has 122 valence electrons. The third-order valence-electron chi connectivity index (χ3n) is 4.23. The van der Waals surface area contributed by atoms with Gasteiger partial charge in [-0.15, -0.1) is 0 Å². The van der Waals surface area contributed by atoms with Gasteiger partial charge in [-0.2, -0.15) is 0 Å². The average Bonchev–Trinajstić information content (AvgIpc) is 2.57. The lowest BCUT2D eigenvalue weighted by Gasteiger charge is -2.29. The summed E-state index contributed by atoms with van der Waals surface area (Å²) in [5, 5.41) is 0. The minimum atomic E-state index is -0.108. The quantitative estimate of drug-likeness (QED) is 0.870. The summed E-state index contributed by atoms with van der Waals surface area (Å²) < 4.78 is 17.0. The molecule has 2 aromatic rings. The van der Waals surface area contributed by atoms with Crippen LogP contribution in [0.1, 0.15) is 22.8 Å². The normalized spacial score (nSPS) is 18.7. The van der Waals surface area contributed by atoms with E-state index in [4.69, 9.17) is 14.2 Å². The predicted octanol–water partition coefficient (Wildman–Crippen LogP) is 3.26. The molecular weight excluding hydrogens is 290 g/mol. The number of nitrogens with zero attached hydrogens (tertiary/aromatic N) is 1. The Morgan fingerprint density at radius 3 is 2.61 bits per heavy atom. The number of methoxy groups -OCH3 is 2. The number of benzene rings is 2. The maximum absolute atomic E-state index is 6.21. The fraction of sp³-hybridized carbons (Fsp3) is 0.368. The van der Waals surface area contributed by atoms with Crippen LogP contribution in [0.2, 0.25) is 0 Å². The molecule has 0 spiro atoms. The lowest BCUT2D eigenvalue weighted by Crippen LogP contribution is -2.27. The largest absolute Gasteiger partial charge is 0.497 e. The number of fused-ring (bicyclic) bond motifs is 1. The van der Waals surface area contributed by atoms with Crippen molar-refractivity contribution in [3.63, 3.8) is 0 Å². The van der Waals surface area contributed by atoms with Crippen LogP contribution in [0, 0.1) is 0 Å². The highest BCUT2D eigenvalue weighted by atomic mass is 16.5. The van der Waals surface area contributed by atoms with Crippen LogP contribution >= 0.6 is 0 Å². The molecule has 0 aromatic heterocycles. The third-order valence-corrected chi connectivity index (χ3v) is 4.23. The summed E-state index contributed by atoms with van der Waals surface area (Å²) in [4.78, 5) is 2.27.